The molecule has 4 rings (SSSR count). The van der Waals surface area contributed by atoms with Gasteiger partial charge in [0.1, 0.15) is 15.0 Å². The number of nitrogens with zero attached hydrogens (tertiary/aromatic N) is 4. The third kappa shape index (κ3) is 13.5. The number of nitrogens with one attached hydrogen (secondary N) is 3. The van der Waals surface area contributed by atoms with Crippen molar-refractivity contribution in [3.05, 3.63) is 52.9 Å². The van der Waals surface area contributed by atoms with Gasteiger partial charge in [-0.1, -0.05) is 5.75 Å². The number of rotatable bonds is 18. The number of aromatic nitrogens is 3. The molecule has 0 atom stereocenters. The van der Waals surface area contributed by atoms with Crippen molar-refractivity contribution in [2.75, 3.05) is 60.9 Å². The van der Waals surface area contributed by atoms with Gasteiger partial charge in [-0.2, -0.15) is 23.5 Å². The second-order valence-corrected chi connectivity index (χ2v) is 17.8. The van der Waals surface area contributed by atoms with E-state index in [1.807, 2.05) is 0 Å². The van der Waals surface area contributed by atoms with E-state index in [2.05, 4.69) is 35.8 Å². The largest absolute Gasteiger partial charge is 1.00 e. The number of H-pyrrole nitrogens is 1. The maximum Gasteiger partial charge on any atom is 1.00 e. The first-order valence-corrected chi connectivity index (χ1v) is 21.0. The Morgan fingerprint density at radius 2 is 1.49 bits per heavy atom. The summed E-state index contributed by atoms with van der Waals surface area (Å²) in [6.45, 7) is -1.50. The van der Waals surface area contributed by atoms with Gasteiger partial charge in [0.05, 0.1) is 64.9 Å². The Kier molecular flexibility index (Phi) is 17.8. The number of sulfone groups is 2. The average molecular weight is 866 g/mol. The van der Waals surface area contributed by atoms with Crippen LogP contribution in [0.15, 0.2) is 72.2 Å². The minimum atomic E-state index is -5.28. The van der Waals surface area contributed by atoms with E-state index in [1.54, 1.807) is 0 Å². The zero-order valence-electron chi connectivity index (χ0n) is 28.9. The van der Waals surface area contributed by atoms with E-state index in [0.29, 0.717) is 18.2 Å². The van der Waals surface area contributed by atoms with Crippen molar-refractivity contribution >= 4 is 79.6 Å². The van der Waals surface area contributed by atoms with Crippen LogP contribution in [-0.4, -0.2) is 118 Å². The van der Waals surface area contributed by atoms with Crippen LogP contribution in [0.4, 0.5) is 29.0 Å². The molecule has 0 unspecified atom stereocenters. The molecule has 3 aromatic carbocycles. The summed E-state index contributed by atoms with van der Waals surface area (Å²) in [6.07, 6.45) is 0. The quantitative estimate of drug-likeness (QED) is 0.0234. The van der Waals surface area contributed by atoms with E-state index in [4.69, 9.17) is 14.9 Å². The number of anilines is 3. The smallest absolute Gasteiger partial charge is 0.870 e. The molecule has 0 amide bonds. The molecule has 0 bridgehead atoms. The third-order valence-electron chi connectivity index (χ3n) is 6.87. The van der Waals surface area contributed by atoms with Crippen LogP contribution < -0.4 is 80.5 Å². The van der Waals surface area contributed by atoms with Gasteiger partial charge in [0.2, 0.25) is 11.9 Å². The molecule has 288 valence electrons. The van der Waals surface area contributed by atoms with Crippen LogP contribution in [-0.2, 0) is 44.6 Å². The summed E-state index contributed by atoms with van der Waals surface area (Å²) in [5, 5.41) is 43.1. The van der Waals surface area contributed by atoms with Gasteiger partial charge in [0.25, 0.3) is 10.1 Å². The second-order valence-electron chi connectivity index (χ2n) is 10.7. The van der Waals surface area contributed by atoms with Crippen LogP contribution in [0.5, 0.6) is 5.75 Å². The fraction of sp³-hybridized carbons (Fsp3) is 0.296. The standard InChI is InChI=1S/C27H31N7O15S4.2Na/c35-6-10-50(39,40)12-9-49-8-5-28-25-30-26(32-27(38)31-25)29-20-15-19(52(43,44)45)13-16-14-21(53(46,47)48)23(24(37)22(16)20)34-33-17-1-3-18(4-2-17)51(41,42)11-7-36;;/h1-4,13-15,35-37H,5-12H2,(H,43,44,45)(H,46,47,48)(H3,28,29,30,31,32,38);;/q;2*+1/p-2. The van der Waals surface area contributed by atoms with E-state index in [1.165, 1.54) is 0 Å². The van der Waals surface area contributed by atoms with Crippen molar-refractivity contribution in [3.63, 3.8) is 0 Å². The topological polar surface area (TPSA) is 360 Å². The number of azo groups is 1. The summed E-state index contributed by atoms with van der Waals surface area (Å²) in [6, 6.07) is 6.53. The molecule has 1 heterocycles. The monoisotopic (exact) mass is 865 g/mol. The first-order valence-electron chi connectivity index (χ1n) is 14.7. The summed E-state index contributed by atoms with van der Waals surface area (Å²) >= 11 is 0. The van der Waals surface area contributed by atoms with E-state index < -0.39 is 114 Å². The number of aliphatic hydroxyl groups is 2. The molecule has 1 aromatic heterocycles. The zero-order chi connectivity index (χ0) is 39.2. The second kappa shape index (κ2) is 20.1. The van der Waals surface area contributed by atoms with Crippen molar-refractivity contribution in [2.24, 2.45) is 10.2 Å². The number of hydrogen-bond donors (Lipinski definition) is 6. The Morgan fingerprint density at radius 1 is 0.836 bits per heavy atom. The van der Waals surface area contributed by atoms with Crippen LogP contribution in [0.25, 0.3) is 10.8 Å². The van der Waals surface area contributed by atoms with Gasteiger partial charge in [0, 0.05) is 12.2 Å². The Hall–Kier alpha value is -2.67. The van der Waals surface area contributed by atoms with Gasteiger partial charge in [-0.15, -0.1) is 5.11 Å². The van der Waals surface area contributed by atoms with Crippen molar-refractivity contribution in [1.82, 2.24) is 15.0 Å². The van der Waals surface area contributed by atoms with Gasteiger partial charge in [-0.25, -0.2) is 30.0 Å². The first-order chi connectivity index (χ1) is 24.7. The minimum absolute atomic E-state index is 0. The minimum Gasteiger partial charge on any atom is -0.870 e. The maximum absolute atomic E-state index is 13.8. The van der Waals surface area contributed by atoms with E-state index in [9.17, 15) is 52.7 Å². The molecule has 6 N–H and O–H groups in total. The molecule has 0 saturated heterocycles. The van der Waals surface area contributed by atoms with Gasteiger partial charge in [-0.05, 0) is 53.2 Å². The zero-order valence-corrected chi connectivity index (χ0v) is 36.1. The number of aromatic amines is 1. The average Bonchev–Trinajstić information content (AvgIpc) is 3.04. The molecule has 0 aliphatic heterocycles. The number of ether oxygens (including phenoxy) is 1. The molecule has 28 heteroatoms. The molecule has 0 saturated carbocycles. The van der Waals surface area contributed by atoms with Crippen LogP contribution >= 0.6 is 0 Å². The molecule has 0 radical (unpaired) electrons. The molecular weight excluding hydrogens is 837 g/mol. The van der Waals surface area contributed by atoms with Gasteiger partial charge in [-0.3, -0.25) is 9.54 Å². The predicted octanol–water partition coefficient (Wildman–Crippen LogP) is -6.69. The number of hydrogen-bond acceptors (Lipinski definition) is 20. The van der Waals surface area contributed by atoms with E-state index >= 15 is 0 Å². The SMILES string of the molecule is O=c1nc(NCCOCCS(=O)(=O)CCO)nc(Nc2cc(S(=O)(=O)[O-])cc3cc(S(=O)(=O)O)c(N=Nc4ccc(S(=O)(=O)CCO)cc4)c([O-])c23)[nH]1.[Na+].[Na+]. The first kappa shape index (κ1) is 48.5. The molecule has 0 aliphatic rings. The Labute approximate surface area is 357 Å². The van der Waals surface area contributed by atoms with Crippen LogP contribution in [0.3, 0.4) is 0 Å². The Balaban J connectivity index is 0.00000523. The Bertz CT molecular complexity index is 2540. The summed E-state index contributed by atoms with van der Waals surface area (Å²) in [7, 11) is -17.9. The van der Waals surface area contributed by atoms with Crippen molar-refractivity contribution in [3.8, 4) is 5.75 Å². The fourth-order valence-electron chi connectivity index (χ4n) is 4.46. The molecular formula is C27H29N7Na2O15S4. The maximum atomic E-state index is 13.8. The van der Waals surface area contributed by atoms with Gasteiger partial charge >= 0.3 is 64.8 Å². The molecule has 55 heavy (non-hydrogen) atoms. The van der Waals surface area contributed by atoms with E-state index in [-0.39, 0.29) is 101 Å². The normalized spacial score (nSPS) is 12.3. The number of fused-ring (bicyclic) bond motifs is 1. The molecule has 0 fully saturated rings. The Morgan fingerprint density at radius 3 is 2.09 bits per heavy atom. The summed E-state index contributed by atoms with van der Waals surface area (Å²) < 4.78 is 124. The van der Waals surface area contributed by atoms with Crippen LogP contribution in [0.2, 0.25) is 0 Å². The van der Waals surface area contributed by atoms with Gasteiger partial charge < -0.3 is 35.2 Å². The number of benzene rings is 3. The van der Waals surface area contributed by atoms with Gasteiger partial charge in [0.15, 0.2) is 19.7 Å². The van der Waals surface area contributed by atoms with E-state index in [0.717, 1.165) is 24.3 Å². The molecule has 0 spiro atoms. The fourth-order valence-corrected chi connectivity index (χ4v) is 7.53. The summed E-state index contributed by atoms with van der Waals surface area (Å²) in [5.41, 5.74) is -2.60. The van der Waals surface area contributed by atoms with Crippen LogP contribution in [0, 0.1) is 0 Å². The molecule has 22 nitrogen and oxygen atoms in total. The molecule has 0 aliphatic carbocycles. The predicted molar refractivity (Wildman–Crippen MR) is 182 cm³/mol. The van der Waals surface area contributed by atoms with Crippen molar-refractivity contribution < 1.29 is 122 Å². The van der Waals surface area contributed by atoms with Crippen LogP contribution in [0.1, 0.15) is 0 Å². The molecule has 4 aromatic rings. The third-order valence-corrected chi connectivity index (χ3v) is 11.9. The number of aliphatic hydroxyl groups excluding tert-OH is 2. The van der Waals surface area contributed by atoms with Crippen molar-refractivity contribution in [2.45, 2.75) is 14.7 Å². The van der Waals surface area contributed by atoms with Crippen molar-refractivity contribution in [1.29, 1.82) is 0 Å². The summed E-state index contributed by atoms with van der Waals surface area (Å²) in [5.74, 6) is -3.41. The summed E-state index contributed by atoms with van der Waals surface area (Å²) in [4.78, 5) is 19.8.